The van der Waals surface area contributed by atoms with Gasteiger partial charge in [0.05, 0.1) is 17.4 Å². The number of hydrogen-bond donors (Lipinski definition) is 2. The fourth-order valence-electron chi connectivity index (χ4n) is 2.57. The van der Waals surface area contributed by atoms with Gasteiger partial charge in [-0.05, 0) is 50.0 Å². The molecule has 4 heteroatoms. The average molecular weight is 243 g/mol. The number of ketones is 1. The quantitative estimate of drug-likeness (QED) is 0.812. The van der Waals surface area contributed by atoms with E-state index < -0.39 is 0 Å². The van der Waals surface area contributed by atoms with Crippen LogP contribution in [0.3, 0.4) is 0 Å². The number of nitrogens with zero attached hydrogens (tertiary/aromatic N) is 1. The predicted molar refractivity (Wildman–Crippen MR) is 70.6 cm³/mol. The van der Waals surface area contributed by atoms with Crippen LogP contribution in [0, 0.1) is 5.92 Å². The van der Waals surface area contributed by atoms with Gasteiger partial charge in [-0.3, -0.25) is 4.79 Å². The van der Waals surface area contributed by atoms with Crippen LogP contribution in [0.15, 0.2) is 24.5 Å². The third kappa shape index (κ3) is 2.29. The van der Waals surface area contributed by atoms with Gasteiger partial charge in [0, 0.05) is 12.0 Å². The van der Waals surface area contributed by atoms with Gasteiger partial charge in [0.2, 0.25) is 0 Å². The number of rotatable bonds is 3. The lowest BCUT2D eigenvalue weighted by Gasteiger charge is -2.21. The molecule has 1 aliphatic rings. The summed E-state index contributed by atoms with van der Waals surface area (Å²) in [7, 11) is 0. The molecule has 1 aromatic carbocycles. The predicted octanol–water partition coefficient (Wildman–Crippen LogP) is 2.14. The van der Waals surface area contributed by atoms with Gasteiger partial charge in [0.15, 0.2) is 5.78 Å². The van der Waals surface area contributed by atoms with Crippen LogP contribution in [-0.4, -0.2) is 28.8 Å². The maximum Gasteiger partial charge on any atom is 0.163 e. The molecule has 0 unspecified atom stereocenters. The molecule has 1 aliphatic heterocycles. The zero-order chi connectivity index (χ0) is 12.4. The van der Waals surface area contributed by atoms with Crippen LogP contribution in [0.2, 0.25) is 0 Å². The van der Waals surface area contributed by atoms with E-state index in [0.29, 0.717) is 12.3 Å². The van der Waals surface area contributed by atoms with Crippen LogP contribution >= 0.6 is 0 Å². The molecule has 0 saturated carbocycles. The van der Waals surface area contributed by atoms with E-state index in [1.165, 1.54) is 0 Å². The number of aromatic nitrogens is 2. The van der Waals surface area contributed by atoms with Crippen LogP contribution in [0.5, 0.6) is 0 Å². The Bertz CT molecular complexity index is 555. The molecule has 1 fully saturated rings. The number of piperidine rings is 1. The van der Waals surface area contributed by atoms with E-state index in [2.05, 4.69) is 15.3 Å². The summed E-state index contributed by atoms with van der Waals surface area (Å²) >= 11 is 0. The topological polar surface area (TPSA) is 57.8 Å². The van der Waals surface area contributed by atoms with Gasteiger partial charge in [-0.2, -0.15) is 0 Å². The number of aromatic amines is 1. The third-order valence-corrected chi connectivity index (χ3v) is 3.68. The number of carbonyl (C=O) groups is 1. The molecule has 4 nitrogen and oxygen atoms in total. The molecule has 2 heterocycles. The van der Waals surface area contributed by atoms with Gasteiger partial charge < -0.3 is 10.3 Å². The number of H-pyrrole nitrogens is 1. The fourth-order valence-corrected chi connectivity index (χ4v) is 2.57. The Labute approximate surface area is 106 Å². The van der Waals surface area contributed by atoms with Crippen molar-refractivity contribution < 1.29 is 4.79 Å². The lowest BCUT2D eigenvalue weighted by Crippen LogP contribution is -2.28. The molecule has 0 aliphatic carbocycles. The molecular formula is C14H17N3O. The number of benzene rings is 1. The first kappa shape index (κ1) is 11.4. The largest absolute Gasteiger partial charge is 0.345 e. The molecular weight excluding hydrogens is 226 g/mol. The van der Waals surface area contributed by atoms with E-state index in [9.17, 15) is 4.79 Å². The molecule has 0 spiro atoms. The van der Waals surface area contributed by atoms with E-state index in [0.717, 1.165) is 42.5 Å². The first-order chi connectivity index (χ1) is 8.83. The minimum atomic E-state index is 0.249. The minimum Gasteiger partial charge on any atom is -0.345 e. The van der Waals surface area contributed by atoms with Crippen LogP contribution in [0.1, 0.15) is 29.6 Å². The molecule has 2 N–H and O–H groups in total. The second-order valence-electron chi connectivity index (χ2n) is 4.96. The van der Waals surface area contributed by atoms with Crippen molar-refractivity contribution >= 4 is 16.8 Å². The molecule has 2 aromatic rings. The summed E-state index contributed by atoms with van der Waals surface area (Å²) in [6.07, 6.45) is 4.54. The average Bonchev–Trinajstić information content (AvgIpc) is 2.87. The number of hydrogen-bond acceptors (Lipinski definition) is 3. The van der Waals surface area contributed by atoms with E-state index in [1.807, 2.05) is 18.2 Å². The van der Waals surface area contributed by atoms with E-state index >= 15 is 0 Å². The highest BCUT2D eigenvalue weighted by molar-refractivity contribution is 5.98. The summed E-state index contributed by atoms with van der Waals surface area (Å²) in [5, 5.41) is 3.32. The SMILES string of the molecule is O=C(CC1CCNCC1)c1ccc2nc[nH]c2c1. The van der Waals surface area contributed by atoms with Crippen molar-refractivity contribution in [1.29, 1.82) is 0 Å². The Balaban J connectivity index is 1.74. The molecule has 0 amide bonds. The molecule has 1 aromatic heterocycles. The minimum absolute atomic E-state index is 0.249. The van der Waals surface area contributed by atoms with Gasteiger partial charge in [-0.15, -0.1) is 0 Å². The summed E-state index contributed by atoms with van der Waals surface area (Å²) < 4.78 is 0. The lowest BCUT2D eigenvalue weighted by atomic mass is 9.90. The van der Waals surface area contributed by atoms with Crippen molar-refractivity contribution in [3.05, 3.63) is 30.1 Å². The maximum atomic E-state index is 12.2. The van der Waals surface area contributed by atoms with Gasteiger partial charge in [-0.25, -0.2) is 4.98 Å². The van der Waals surface area contributed by atoms with Gasteiger partial charge in [-0.1, -0.05) is 0 Å². The number of fused-ring (bicyclic) bond motifs is 1. The third-order valence-electron chi connectivity index (χ3n) is 3.68. The van der Waals surface area contributed by atoms with E-state index in [4.69, 9.17) is 0 Å². The molecule has 0 bridgehead atoms. The van der Waals surface area contributed by atoms with E-state index in [-0.39, 0.29) is 5.78 Å². The van der Waals surface area contributed by atoms with Crippen molar-refractivity contribution in [1.82, 2.24) is 15.3 Å². The molecule has 0 radical (unpaired) electrons. The van der Waals surface area contributed by atoms with Gasteiger partial charge >= 0.3 is 0 Å². The Kier molecular flexibility index (Phi) is 3.11. The van der Waals surface area contributed by atoms with E-state index in [1.54, 1.807) is 6.33 Å². The maximum absolute atomic E-state index is 12.2. The highest BCUT2D eigenvalue weighted by Crippen LogP contribution is 2.20. The van der Waals surface area contributed by atoms with Crippen molar-refractivity contribution in [2.45, 2.75) is 19.3 Å². The smallest absolute Gasteiger partial charge is 0.163 e. The summed E-state index contributed by atoms with van der Waals surface area (Å²) in [5.74, 6) is 0.787. The Morgan fingerprint density at radius 1 is 1.33 bits per heavy atom. The number of nitrogens with one attached hydrogen (secondary N) is 2. The second-order valence-corrected chi connectivity index (χ2v) is 4.96. The lowest BCUT2D eigenvalue weighted by molar-refractivity contribution is 0.0952. The summed E-state index contributed by atoms with van der Waals surface area (Å²) in [6, 6.07) is 5.69. The highest BCUT2D eigenvalue weighted by Gasteiger charge is 2.18. The normalized spacial score (nSPS) is 17.1. The highest BCUT2D eigenvalue weighted by atomic mass is 16.1. The Morgan fingerprint density at radius 2 is 2.17 bits per heavy atom. The molecule has 1 saturated heterocycles. The van der Waals surface area contributed by atoms with Crippen molar-refractivity contribution in [2.24, 2.45) is 5.92 Å². The molecule has 94 valence electrons. The summed E-state index contributed by atoms with van der Waals surface area (Å²) in [5.41, 5.74) is 2.64. The van der Waals surface area contributed by atoms with Gasteiger partial charge in [0.25, 0.3) is 0 Å². The standard InChI is InChI=1S/C14H17N3O/c18-14(7-10-3-5-15-6-4-10)11-1-2-12-13(8-11)17-9-16-12/h1-2,8-10,15H,3-7H2,(H,16,17). The first-order valence-electron chi connectivity index (χ1n) is 6.50. The Hall–Kier alpha value is -1.68. The molecule has 3 rings (SSSR count). The zero-order valence-corrected chi connectivity index (χ0v) is 10.3. The summed E-state index contributed by atoms with van der Waals surface area (Å²) in [6.45, 7) is 2.08. The number of imidazole rings is 1. The van der Waals surface area contributed by atoms with Crippen LogP contribution in [0.4, 0.5) is 0 Å². The van der Waals surface area contributed by atoms with Crippen LogP contribution < -0.4 is 5.32 Å². The van der Waals surface area contributed by atoms with Crippen molar-refractivity contribution in [2.75, 3.05) is 13.1 Å². The van der Waals surface area contributed by atoms with Crippen molar-refractivity contribution in [3.63, 3.8) is 0 Å². The van der Waals surface area contributed by atoms with Crippen LogP contribution in [-0.2, 0) is 0 Å². The zero-order valence-electron chi connectivity index (χ0n) is 10.3. The first-order valence-corrected chi connectivity index (χ1v) is 6.50. The molecule has 18 heavy (non-hydrogen) atoms. The van der Waals surface area contributed by atoms with Gasteiger partial charge in [0.1, 0.15) is 0 Å². The number of Topliss-reactive ketones (excluding diaryl/α,β-unsaturated/α-hetero) is 1. The molecule has 0 atom stereocenters. The Morgan fingerprint density at radius 3 is 3.00 bits per heavy atom. The van der Waals surface area contributed by atoms with Crippen molar-refractivity contribution in [3.8, 4) is 0 Å². The number of carbonyl (C=O) groups excluding carboxylic acids is 1. The second kappa shape index (κ2) is 4.90. The van der Waals surface area contributed by atoms with Crippen LogP contribution in [0.25, 0.3) is 11.0 Å². The fraction of sp³-hybridized carbons (Fsp3) is 0.429. The summed E-state index contributed by atoms with van der Waals surface area (Å²) in [4.78, 5) is 19.4. The monoisotopic (exact) mass is 243 g/mol.